The Morgan fingerprint density at radius 1 is 1.00 bits per heavy atom. The van der Waals surface area contributed by atoms with Crippen molar-refractivity contribution in [1.82, 2.24) is 9.80 Å². The first kappa shape index (κ1) is 15.6. The highest BCUT2D eigenvalue weighted by Gasteiger charge is 2.44. The van der Waals surface area contributed by atoms with Gasteiger partial charge in [-0.2, -0.15) is 0 Å². The van der Waals surface area contributed by atoms with Crippen molar-refractivity contribution in [2.24, 2.45) is 17.8 Å². The molecule has 2 saturated carbocycles. The van der Waals surface area contributed by atoms with Crippen LogP contribution in [0.4, 0.5) is 4.39 Å². The SMILES string of the molecule is O=C(c1cccc(F)c1)N1CCN(C(=O)C2CC3CCC2C3)CC1. The van der Waals surface area contributed by atoms with Crippen molar-refractivity contribution in [3.63, 3.8) is 0 Å². The van der Waals surface area contributed by atoms with Crippen LogP contribution in [0.15, 0.2) is 24.3 Å². The molecular weight excluding hydrogens is 307 g/mol. The van der Waals surface area contributed by atoms with E-state index in [1.807, 2.05) is 4.90 Å². The topological polar surface area (TPSA) is 40.6 Å². The van der Waals surface area contributed by atoms with Crippen LogP contribution >= 0.6 is 0 Å². The summed E-state index contributed by atoms with van der Waals surface area (Å²) in [6.07, 6.45) is 4.80. The highest BCUT2D eigenvalue weighted by atomic mass is 19.1. The van der Waals surface area contributed by atoms with Crippen LogP contribution in [0, 0.1) is 23.6 Å². The van der Waals surface area contributed by atoms with Crippen LogP contribution in [0.1, 0.15) is 36.0 Å². The molecule has 0 aromatic heterocycles. The lowest BCUT2D eigenvalue weighted by atomic mass is 9.87. The molecule has 1 heterocycles. The number of nitrogens with zero attached hydrogens (tertiary/aromatic N) is 2. The molecule has 2 aliphatic carbocycles. The fourth-order valence-electron chi connectivity index (χ4n) is 4.72. The number of piperazine rings is 1. The van der Waals surface area contributed by atoms with Gasteiger partial charge in [0.1, 0.15) is 5.82 Å². The molecule has 0 radical (unpaired) electrons. The van der Waals surface area contributed by atoms with Gasteiger partial charge < -0.3 is 9.80 Å². The molecule has 3 atom stereocenters. The zero-order chi connectivity index (χ0) is 16.7. The van der Waals surface area contributed by atoms with E-state index in [9.17, 15) is 14.0 Å². The number of rotatable bonds is 2. The fourth-order valence-corrected chi connectivity index (χ4v) is 4.72. The second kappa shape index (κ2) is 6.19. The van der Waals surface area contributed by atoms with E-state index < -0.39 is 5.82 Å². The van der Waals surface area contributed by atoms with E-state index in [0.29, 0.717) is 43.6 Å². The highest BCUT2D eigenvalue weighted by Crippen LogP contribution is 2.48. The monoisotopic (exact) mass is 330 g/mol. The standard InChI is InChI=1S/C19H23FN2O2/c20-16-3-1-2-15(12-16)18(23)21-6-8-22(9-7-21)19(24)17-11-13-4-5-14(17)10-13/h1-3,12-14,17H,4-11H2. The average molecular weight is 330 g/mol. The van der Waals surface area contributed by atoms with Crippen molar-refractivity contribution < 1.29 is 14.0 Å². The maximum atomic E-state index is 13.3. The van der Waals surface area contributed by atoms with Crippen molar-refractivity contribution in [2.75, 3.05) is 26.2 Å². The van der Waals surface area contributed by atoms with Gasteiger partial charge in [0.15, 0.2) is 0 Å². The summed E-state index contributed by atoms with van der Waals surface area (Å²) in [4.78, 5) is 28.9. The third-order valence-electron chi connectivity index (χ3n) is 6.01. The molecule has 0 spiro atoms. The predicted molar refractivity (Wildman–Crippen MR) is 87.8 cm³/mol. The molecule has 2 amide bonds. The maximum absolute atomic E-state index is 13.3. The summed E-state index contributed by atoms with van der Waals surface area (Å²) < 4.78 is 13.3. The molecule has 4 rings (SSSR count). The lowest BCUT2D eigenvalue weighted by Gasteiger charge is -2.37. The molecule has 3 fully saturated rings. The molecule has 1 saturated heterocycles. The van der Waals surface area contributed by atoms with Crippen LogP contribution in [0.3, 0.4) is 0 Å². The third kappa shape index (κ3) is 2.80. The maximum Gasteiger partial charge on any atom is 0.254 e. The van der Waals surface area contributed by atoms with Gasteiger partial charge in [-0.1, -0.05) is 12.5 Å². The van der Waals surface area contributed by atoms with Crippen LogP contribution in [0.25, 0.3) is 0 Å². The Balaban J connectivity index is 1.35. The van der Waals surface area contributed by atoms with E-state index in [-0.39, 0.29) is 11.8 Å². The summed E-state index contributed by atoms with van der Waals surface area (Å²) in [5.41, 5.74) is 0.378. The third-order valence-corrected chi connectivity index (χ3v) is 6.01. The first-order valence-electron chi connectivity index (χ1n) is 8.95. The largest absolute Gasteiger partial charge is 0.339 e. The normalized spacial score (nSPS) is 29.1. The quantitative estimate of drug-likeness (QED) is 0.836. The predicted octanol–water partition coefficient (Wildman–Crippen LogP) is 2.55. The number of fused-ring (bicyclic) bond motifs is 2. The Hall–Kier alpha value is -1.91. The van der Waals surface area contributed by atoms with Crippen LogP contribution in [0.2, 0.25) is 0 Å². The Morgan fingerprint density at radius 3 is 2.38 bits per heavy atom. The zero-order valence-corrected chi connectivity index (χ0v) is 13.8. The molecule has 24 heavy (non-hydrogen) atoms. The molecule has 0 N–H and O–H groups in total. The second-order valence-electron chi connectivity index (χ2n) is 7.41. The highest BCUT2D eigenvalue weighted by molar-refractivity contribution is 5.94. The van der Waals surface area contributed by atoms with E-state index in [0.717, 1.165) is 12.3 Å². The summed E-state index contributed by atoms with van der Waals surface area (Å²) >= 11 is 0. The summed E-state index contributed by atoms with van der Waals surface area (Å²) in [5.74, 6) is 1.32. The lowest BCUT2D eigenvalue weighted by Crippen LogP contribution is -2.52. The molecule has 2 bridgehead atoms. The van der Waals surface area contributed by atoms with Gasteiger partial charge in [-0.15, -0.1) is 0 Å². The summed E-state index contributed by atoms with van der Waals surface area (Å²) in [5, 5.41) is 0. The van der Waals surface area contributed by atoms with Crippen LogP contribution in [-0.4, -0.2) is 47.8 Å². The summed E-state index contributed by atoms with van der Waals surface area (Å²) in [6, 6.07) is 5.80. The van der Waals surface area contributed by atoms with Gasteiger partial charge >= 0.3 is 0 Å². The Labute approximate surface area is 141 Å². The minimum atomic E-state index is -0.397. The molecule has 128 valence electrons. The average Bonchev–Trinajstić information content (AvgIpc) is 3.24. The number of halogens is 1. The molecule has 1 aromatic carbocycles. The zero-order valence-electron chi connectivity index (χ0n) is 13.8. The number of carbonyl (C=O) groups excluding carboxylic acids is 2. The van der Waals surface area contributed by atoms with Crippen molar-refractivity contribution in [3.8, 4) is 0 Å². The van der Waals surface area contributed by atoms with E-state index in [1.54, 1.807) is 17.0 Å². The summed E-state index contributed by atoms with van der Waals surface area (Å²) in [6.45, 7) is 2.24. The van der Waals surface area contributed by atoms with E-state index >= 15 is 0 Å². The van der Waals surface area contributed by atoms with Crippen molar-refractivity contribution in [3.05, 3.63) is 35.6 Å². The van der Waals surface area contributed by atoms with Crippen LogP contribution in [0.5, 0.6) is 0 Å². The van der Waals surface area contributed by atoms with Crippen LogP contribution in [-0.2, 0) is 4.79 Å². The Morgan fingerprint density at radius 2 is 1.75 bits per heavy atom. The molecule has 3 aliphatic rings. The van der Waals surface area contributed by atoms with Crippen molar-refractivity contribution >= 4 is 11.8 Å². The van der Waals surface area contributed by atoms with Gasteiger partial charge in [-0.25, -0.2) is 4.39 Å². The molecule has 3 unspecified atom stereocenters. The minimum absolute atomic E-state index is 0.151. The lowest BCUT2D eigenvalue weighted by molar-refractivity contribution is -0.138. The Kier molecular flexibility index (Phi) is 4.02. The van der Waals surface area contributed by atoms with Crippen molar-refractivity contribution in [1.29, 1.82) is 0 Å². The van der Waals surface area contributed by atoms with Crippen molar-refractivity contribution in [2.45, 2.75) is 25.7 Å². The number of hydrogen-bond donors (Lipinski definition) is 0. The molecule has 1 aliphatic heterocycles. The number of benzene rings is 1. The fraction of sp³-hybridized carbons (Fsp3) is 0.579. The first-order valence-corrected chi connectivity index (χ1v) is 8.95. The first-order chi connectivity index (χ1) is 11.6. The van der Waals surface area contributed by atoms with E-state index in [4.69, 9.17) is 0 Å². The number of hydrogen-bond acceptors (Lipinski definition) is 2. The van der Waals surface area contributed by atoms with E-state index in [2.05, 4.69) is 0 Å². The van der Waals surface area contributed by atoms with Gasteiger partial charge in [-0.3, -0.25) is 9.59 Å². The van der Waals surface area contributed by atoms with E-state index in [1.165, 1.54) is 31.4 Å². The smallest absolute Gasteiger partial charge is 0.254 e. The number of carbonyl (C=O) groups is 2. The molecular formula is C19H23FN2O2. The number of amides is 2. The molecule has 1 aromatic rings. The molecule has 5 heteroatoms. The Bertz CT molecular complexity index is 655. The van der Waals surface area contributed by atoms with Gasteiger partial charge in [0.2, 0.25) is 5.91 Å². The molecule has 4 nitrogen and oxygen atoms in total. The van der Waals surface area contributed by atoms with Crippen LogP contribution < -0.4 is 0 Å². The van der Waals surface area contributed by atoms with Gasteiger partial charge in [-0.05, 0) is 49.3 Å². The van der Waals surface area contributed by atoms with Gasteiger partial charge in [0.05, 0.1) is 0 Å². The van der Waals surface area contributed by atoms with Gasteiger partial charge in [0.25, 0.3) is 5.91 Å². The summed E-state index contributed by atoms with van der Waals surface area (Å²) in [7, 11) is 0. The second-order valence-corrected chi connectivity index (χ2v) is 7.41. The minimum Gasteiger partial charge on any atom is -0.339 e. The van der Waals surface area contributed by atoms with Gasteiger partial charge in [0, 0.05) is 37.7 Å².